The summed E-state index contributed by atoms with van der Waals surface area (Å²) in [6, 6.07) is 6.03. The Bertz CT molecular complexity index is 415. The lowest BCUT2D eigenvalue weighted by molar-refractivity contribution is -0.124. The molecule has 94 valence electrons. The Morgan fingerprint density at radius 2 is 2.00 bits per heavy atom. The quantitative estimate of drug-likeness (QED) is 0.818. The number of benzene rings is 1. The first-order chi connectivity index (χ1) is 7.91. The van der Waals surface area contributed by atoms with Gasteiger partial charge in [0, 0.05) is 0 Å². The molecule has 3 heteroatoms. The van der Waals surface area contributed by atoms with Gasteiger partial charge in [0.1, 0.15) is 5.54 Å². The summed E-state index contributed by atoms with van der Waals surface area (Å²) in [5.74, 6) is -0.339. The van der Waals surface area contributed by atoms with Crippen molar-refractivity contribution in [2.24, 2.45) is 5.73 Å². The van der Waals surface area contributed by atoms with Gasteiger partial charge in [-0.15, -0.1) is 0 Å². The fourth-order valence-corrected chi connectivity index (χ4v) is 1.76. The summed E-state index contributed by atoms with van der Waals surface area (Å²) in [6.45, 7) is 8.77. The Kier molecular flexibility index (Phi) is 4.29. The number of aryl methyl sites for hydroxylation is 2. The molecule has 1 rings (SSSR count). The van der Waals surface area contributed by atoms with E-state index in [-0.39, 0.29) is 5.91 Å². The van der Waals surface area contributed by atoms with Crippen LogP contribution in [0.3, 0.4) is 0 Å². The number of carbonyl (C=O) groups is 1. The van der Waals surface area contributed by atoms with Crippen LogP contribution in [0, 0.1) is 13.8 Å². The van der Waals surface area contributed by atoms with Gasteiger partial charge >= 0.3 is 0 Å². The molecule has 3 N–H and O–H groups in total. The summed E-state index contributed by atoms with van der Waals surface area (Å²) in [7, 11) is 0. The van der Waals surface area contributed by atoms with Crippen LogP contribution in [-0.4, -0.2) is 12.5 Å². The minimum atomic E-state index is -0.783. The third-order valence-corrected chi connectivity index (χ3v) is 3.31. The van der Waals surface area contributed by atoms with Crippen molar-refractivity contribution in [1.29, 1.82) is 0 Å². The first-order valence-corrected chi connectivity index (χ1v) is 6.04. The summed E-state index contributed by atoms with van der Waals surface area (Å²) >= 11 is 0. The highest BCUT2D eigenvalue weighted by atomic mass is 16.1. The van der Waals surface area contributed by atoms with Crippen LogP contribution < -0.4 is 11.1 Å². The first-order valence-electron chi connectivity index (χ1n) is 6.04. The van der Waals surface area contributed by atoms with Crippen molar-refractivity contribution in [1.82, 2.24) is 5.32 Å². The molecular weight excluding hydrogens is 212 g/mol. The van der Waals surface area contributed by atoms with Crippen molar-refractivity contribution in [3.63, 3.8) is 0 Å². The molecule has 1 unspecified atom stereocenters. The van der Waals surface area contributed by atoms with Gasteiger partial charge in [-0.3, -0.25) is 10.1 Å². The van der Waals surface area contributed by atoms with Gasteiger partial charge in [0.25, 0.3) is 0 Å². The fourth-order valence-electron chi connectivity index (χ4n) is 1.76. The van der Waals surface area contributed by atoms with E-state index in [1.165, 1.54) is 11.1 Å². The van der Waals surface area contributed by atoms with Crippen LogP contribution in [0.5, 0.6) is 0 Å². The molecule has 17 heavy (non-hydrogen) atoms. The Morgan fingerprint density at radius 3 is 2.47 bits per heavy atom. The van der Waals surface area contributed by atoms with Crippen LogP contribution in [0.2, 0.25) is 0 Å². The lowest BCUT2D eigenvalue weighted by Gasteiger charge is -2.28. The standard InChI is InChI=1S/C14H22N2O/c1-5-8-16-14(4,13(15)17)12-7-6-10(2)11(3)9-12/h6-7,9,16H,5,8H2,1-4H3,(H2,15,17). The molecular formula is C14H22N2O. The van der Waals surface area contributed by atoms with E-state index in [4.69, 9.17) is 5.73 Å². The smallest absolute Gasteiger partial charge is 0.242 e. The number of hydrogen-bond donors (Lipinski definition) is 2. The summed E-state index contributed by atoms with van der Waals surface area (Å²) in [6.07, 6.45) is 0.966. The molecule has 3 nitrogen and oxygen atoms in total. The second-order valence-corrected chi connectivity index (χ2v) is 4.72. The van der Waals surface area contributed by atoms with E-state index < -0.39 is 5.54 Å². The summed E-state index contributed by atoms with van der Waals surface area (Å²) in [5.41, 5.74) is 8.07. The Balaban J connectivity index is 3.13. The Labute approximate surface area is 103 Å². The van der Waals surface area contributed by atoms with Gasteiger partial charge in [-0.25, -0.2) is 0 Å². The first kappa shape index (κ1) is 13.7. The third kappa shape index (κ3) is 2.86. The number of amides is 1. The van der Waals surface area contributed by atoms with Crippen LogP contribution >= 0.6 is 0 Å². The number of rotatable bonds is 5. The van der Waals surface area contributed by atoms with Crippen LogP contribution in [0.25, 0.3) is 0 Å². The molecule has 1 aromatic rings. The highest BCUT2D eigenvalue weighted by Crippen LogP contribution is 2.23. The Hall–Kier alpha value is -1.35. The Morgan fingerprint density at radius 1 is 1.35 bits per heavy atom. The molecule has 0 spiro atoms. The number of primary amides is 1. The molecule has 0 radical (unpaired) electrons. The molecule has 1 amide bonds. The summed E-state index contributed by atoms with van der Waals surface area (Å²) < 4.78 is 0. The molecule has 0 aliphatic rings. The molecule has 0 saturated heterocycles. The van der Waals surface area contributed by atoms with Gasteiger partial charge in [0.2, 0.25) is 5.91 Å². The minimum absolute atomic E-state index is 0.339. The molecule has 1 atom stereocenters. The fraction of sp³-hybridized carbons (Fsp3) is 0.500. The van der Waals surface area contributed by atoms with Crippen molar-refractivity contribution >= 4 is 5.91 Å². The van der Waals surface area contributed by atoms with Crippen LogP contribution in [0.4, 0.5) is 0 Å². The van der Waals surface area contributed by atoms with Gasteiger partial charge in [0.05, 0.1) is 0 Å². The average molecular weight is 234 g/mol. The normalized spacial score (nSPS) is 14.4. The predicted molar refractivity (Wildman–Crippen MR) is 70.8 cm³/mol. The largest absolute Gasteiger partial charge is 0.368 e. The minimum Gasteiger partial charge on any atom is -0.368 e. The molecule has 0 fully saturated rings. The molecule has 0 aliphatic heterocycles. The molecule has 0 aromatic heterocycles. The summed E-state index contributed by atoms with van der Waals surface area (Å²) in [4.78, 5) is 11.7. The van der Waals surface area contributed by atoms with Gasteiger partial charge in [-0.1, -0.05) is 25.1 Å². The van der Waals surface area contributed by atoms with Crippen molar-refractivity contribution in [2.75, 3.05) is 6.54 Å². The van der Waals surface area contributed by atoms with E-state index in [2.05, 4.69) is 19.2 Å². The third-order valence-electron chi connectivity index (χ3n) is 3.31. The van der Waals surface area contributed by atoms with Crippen molar-refractivity contribution in [2.45, 2.75) is 39.7 Å². The molecule has 0 aliphatic carbocycles. The highest BCUT2D eigenvalue weighted by molar-refractivity contribution is 5.85. The maximum absolute atomic E-state index is 11.7. The number of nitrogens with two attached hydrogens (primary N) is 1. The molecule has 0 heterocycles. The van der Waals surface area contributed by atoms with E-state index in [0.29, 0.717) is 0 Å². The zero-order valence-electron chi connectivity index (χ0n) is 11.1. The zero-order valence-corrected chi connectivity index (χ0v) is 11.1. The topological polar surface area (TPSA) is 55.1 Å². The number of nitrogens with one attached hydrogen (secondary N) is 1. The van der Waals surface area contributed by atoms with E-state index in [9.17, 15) is 4.79 Å². The predicted octanol–water partition coefficient (Wildman–Crippen LogP) is 2.00. The second-order valence-electron chi connectivity index (χ2n) is 4.72. The lowest BCUT2D eigenvalue weighted by Crippen LogP contribution is -2.50. The zero-order chi connectivity index (χ0) is 13.1. The van der Waals surface area contributed by atoms with Gasteiger partial charge in [0.15, 0.2) is 0 Å². The van der Waals surface area contributed by atoms with Gasteiger partial charge < -0.3 is 5.73 Å². The maximum atomic E-state index is 11.7. The van der Waals surface area contributed by atoms with Gasteiger partial charge in [-0.05, 0) is 50.4 Å². The van der Waals surface area contributed by atoms with Crippen molar-refractivity contribution in [3.05, 3.63) is 34.9 Å². The molecule has 1 aromatic carbocycles. The van der Waals surface area contributed by atoms with E-state index in [0.717, 1.165) is 18.5 Å². The van der Waals surface area contributed by atoms with Crippen molar-refractivity contribution < 1.29 is 4.79 Å². The average Bonchev–Trinajstić information content (AvgIpc) is 2.29. The molecule has 0 saturated carbocycles. The van der Waals surface area contributed by atoms with Crippen LogP contribution in [-0.2, 0) is 10.3 Å². The van der Waals surface area contributed by atoms with Crippen molar-refractivity contribution in [3.8, 4) is 0 Å². The maximum Gasteiger partial charge on any atom is 0.242 e. The van der Waals surface area contributed by atoms with E-state index in [1.54, 1.807) is 0 Å². The highest BCUT2D eigenvalue weighted by Gasteiger charge is 2.32. The number of hydrogen-bond acceptors (Lipinski definition) is 2. The van der Waals surface area contributed by atoms with E-state index in [1.807, 2.05) is 32.0 Å². The van der Waals surface area contributed by atoms with Crippen LogP contribution in [0.15, 0.2) is 18.2 Å². The second kappa shape index (κ2) is 5.32. The van der Waals surface area contributed by atoms with Gasteiger partial charge in [-0.2, -0.15) is 0 Å². The lowest BCUT2D eigenvalue weighted by atomic mass is 9.89. The summed E-state index contributed by atoms with van der Waals surface area (Å²) in [5, 5.41) is 3.23. The number of carbonyl (C=O) groups excluding carboxylic acids is 1. The van der Waals surface area contributed by atoms with Crippen LogP contribution in [0.1, 0.15) is 37.0 Å². The SMILES string of the molecule is CCCNC(C)(C(N)=O)c1ccc(C)c(C)c1. The monoisotopic (exact) mass is 234 g/mol. The molecule has 0 bridgehead atoms. The van der Waals surface area contributed by atoms with E-state index >= 15 is 0 Å².